The van der Waals surface area contributed by atoms with Crippen molar-refractivity contribution in [2.45, 2.75) is 6.18 Å². The second-order valence-electron chi connectivity index (χ2n) is 2.98. The highest BCUT2D eigenvalue weighted by atomic mass is 19.4. The minimum Gasteiger partial charge on any atom is -0.480 e. The summed E-state index contributed by atoms with van der Waals surface area (Å²) in [5.74, 6) is -1.36. The zero-order valence-corrected chi connectivity index (χ0v) is 8.99. The van der Waals surface area contributed by atoms with Crippen LogP contribution in [0.3, 0.4) is 0 Å². The van der Waals surface area contributed by atoms with Gasteiger partial charge < -0.3 is 14.6 Å². The number of halogens is 3. The molecule has 0 fully saturated rings. The Hall–Kier alpha value is -1.51. The zero-order valence-electron chi connectivity index (χ0n) is 8.99. The number of carbonyl (C=O) groups excluding carboxylic acids is 1. The zero-order chi connectivity index (χ0) is 13.5. The highest BCUT2D eigenvalue weighted by molar-refractivity contribution is 5.76. The topological polar surface area (TPSA) is 76.1 Å². The number of aliphatic carboxylic acids is 1. The molecule has 0 saturated carbocycles. The number of rotatable bonds is 6. The number of carboxylic acids is 1. The number of methoxy groups -OCH3 is 1. The van der Waals surface area contributed by atoms with Gasteiger partial charge in [0.15, 0.2) is 6.61 Å². The van der Waals surface area contributed by atoms with Gasteiger partial charge in [-0.25, -0.2) is 4.79 Å². The predicted molar refractivity (Wildman–Crippen MR) is 48.5 cm³/mol. The molecule has 9 heteroatoms. The predicted octanol–water partition coefficient (Wildman–Crippen LogP) is 0.718. The van der Waals surface area contributed by atoms with Gasteiger partial charge in [-0.05, 0) is 0 Å². The van der Waals surface area contributed by atoms with E-state index >= 15 is 0 Å². The van der Waals surface area contributed by atoms with Crippen molar-refractivity contribution >= 4 is 12.1 Å². The van der Waals surface area contributed by atoms with Crippen molar-refractivity contribution in [3.63, 3.8) is 0 Å². The Morgan fingerprint density at radius 2 is 1.94 bits per heavy atom. The summed E-state index contributed by atoms with van der Waals surface area (Å²) in [6.07, 6.45) is -5.99. The van der Waals surface area contributed by atoms with Crippen LogP contribution in [0.2, 0.25) is 0 Å². The number of carboxylic acid groups (broad SMARTS) is 1. The molecule has 0 saturated heterocycles. The van der Waals surface area contributed by atoms with Crippen LogP contribution < -0.4 is 0 Å². The molecule has 0 aromatic heterocycles. The van der Waals surface area contributed by atoms with Gasteiger partial charge in [0.1, 0.15) is 6.54 Å². The molecule has 0 aliphatic heterocycles. The lowest BCUT2D eigenvalue weighted by atomic mass is 10.5. The fourth-order valence-corrected chi connectivity index (χ4v) is 0.835. The van der Waals surface area contributed by atoms with Crippen LogP contribution in [0, 0.1) is 0 Å². The van der Waals surface area contributed by atoms with Crippen LogP contribution >= 0.6 is 0 Å². The third-order valence-electron chi connectivity index (χ3n) is 1.51. The third kappa shape index (κ3) is 8.31. The van der Waals surface area contributed by atoms with Gasteiger partial charge >= 0.3 is 18.2 Å². The third-order valence-corrected chi connectivity index (χ3v) is 1.51. The summed E-state index contributed by atoms with van der Waals surface area (Å²) in [6, 6.07) is 0. The summed E-state index contributed by atoms with van der Waals surface area (Å²) in [4.78, 5) is 22.1. The van der Waals surface area contributed by atoms with Gasteiger partial charge in [-0.15, -0.1) is 0 Å². The lowest BCUT2D eigenvalue weighted by Crippen LogP contribution is -2.39. The van der Waals surface area contributed by atoms with Crippen molar-refractivity contribution in [2.75, 3.05) is 33.4 Å². The van der Waals surface area contributed by atoms with Crippen LogP contribution in [-0.4, -0.2) is 61.7 Å². The average molecular weight is 259 g/mol. The molecule has 0 spiro atoms. The van der Waals surface area contributed by atoms with Crippen molar-refractivity contribution in [1.29, 1.82) is 0 Å². The molecule has 1 N–H and O–H groups in total. The first kappa shape index (κ1) is 15.5. The number of carbonyl (C=O) groups is 2. The fourth-order valence-electron chi connectivity index (χ4n) is 0.835. The highest BCUT2D eigenvalue weighted by Crippen LogP contribution is 2.15. The molecular weight excluding hydrogens is 247 g/mol. The maximum atomic E-state index is 11.8. The maximum absolute atomic E-state index is 11.8. The van der Waals surface area contributed by atoms with E-state index in [2.05, 4.69) is 9.47 Å². The second-order valence-corrected chi connectivity index (χ2v) is 2.98. The van der Waals surface area contributed by atoms with E-state index in [-0.39, 0.29) is 13.2 Å². The molecule has 0 heterocycles. The lowest BCUT2D eigenvalue weighted by molar-refractivity contribution is -0.162. The van der Waals surface area contributed by atoms with E-state index in [1.165, 1.54) is 7.11 Å². The Bertz CT molecular complexity index is 268. The molecule has 1 amide bonds. The summed E-state index contributed by atoms with van der Waals surface area (Å²) in [7, 11) is 1.31. The molecule has 0 unspecified atom stereocenters. The van der Waals surface area contributed by atoms with E-state index in [0.29, 0.717) is 4.90 Å². The number of hydrogen-bond donors (Lipinski definition) is 1. The van der Waals surface area contributed by atoms with E-state index in [4.69, 9.17) is 5.11 Å². The van der Waals surface area contributed by atoms with Gasteiger partial charge in [-0.2, -0.15) is 13.2 Å². The van der Waals surface area contributed by atoms with Gasteiger partial charge in [0, 0.05) is 13.7 Å². The molecule has 100 valence electrons. The van der Waals surface area contributed by atoms with Crippen LogP contribution in [0.5, 0.6) is 0 Å². The minimum absolute atomic E-state index is 0.00556. The van der Waals surface area contributed by atoms with Gasteiger partial charge in [0.25, 0.3) is 0 Å². The normalized spacial score (nSPS) is 11.1. The average Bonchev–Trinajstić information content (AvgIpc) is 2.19. The van der Waals surface area contributed by atoms with Gasteiger partial charge in [-0.1, -0.05) is 0 Å². The summed E-state index contributed by atoms with van der Waals surface area (Å²) in [6.45, 7) is -2.68. The maximum Gasteiger partial charge on any atom is 0.422 e. The van der Waals surface area contributed by atoms with E-state index in [0.717, 1.165) is 0 Å². The molecular formula is C8H12F3NO5. The molecule has 0 radical (unpaired) electrons. The summed E-state index contributed by atoms with van der Waals surface area (Å²) in [5, 5.41) is 8.45. The second kappa shape index (κ2) is 6.94. The Morgan fingerprint density at radius 3 is 2.35 bits per heavy atom. The molecule has 17 heavy (non-hydrogen) atoms. The number of hydrogen-bond acceptors (Lipinski definition) is 4. The van der Waals surface area contributed by atoms with Crippen LogP contribution in [0.15, 0.2) is 0 Å². The monoisotopic (exact) mass is 259 g/mol. The Morgan fingerprint density at radius 1 is 1.35 bits per heavy atom. The summed E-state index contributed by atoms with van der Waals surface area (Å²) >= 11 is 0. The minimum atomic E-state index is -4.65. The van der Waals surface area contributed by atoms with Crippen molar-refractivity contribution in [3.05, 3.63) is 0 Å². The first-order valence-corrected chi connectivity index (χ1v) is 4.45. The molecule has 0 aliphatic rings. The molecule has 0 bridgehead atoms. The van der Waals surface area contributed by atoms with Crippen LogP contribution in [0.25, 0.3) is 0 Å². The van der Waals surface area contributed by atoms with E-state index < -0.39 is 31.4 Å². The smallest absolute Gasteiger partial charge is 0.422 e. The molecule has 0 atom stereocenters. The van der Waals surface area contributed by atoms with Gasteiger partial charge in [-0.3, -0.25) is 9.69 Å². The van der Waals surface area contributed by atoms with Crippen LogP contribution in [0.1, 0.15) is 0 Å². The SMILES string of the molecule is COCCN(CC(=O)O)C(=O)OCC(F)(F)F. The lowest BCUT2D eigenvalue weighted by Gasteiger charge is -2.20. The number of alkyl halides is 3. The molecule has 6 nitrogen and oxygen atoms in total. The number of ether oxygens (including phenoxy) is 2. The van der Waals surface area contributed by atoms with Crippen molar-refractivity contribution in [3.8, 4) is 0 Å². The van der Waals surface area contributed by atoms with Crippen molar-refractivity contribution < 1.29 is 37.3 Å². The highest BCUT2D eigenvalue weighted by Gasteiger charge is 2.31. The number of nitrogens with zero attached hydrogens (tertiary/aromatic N) is 1. The Balaban J connectivity index is 4.26. The summed E-state index contributed by atoms with van der Waals surface area (Å²) < 4.78 is 43.8. The largest absolute Gasteiger partial charge is 0.480 e. The Kier molecular flexibility index (Phi) is 6.33. The molecule has 0 aromatic carbocycles. The van der Waals surface area contributed by atoms with Crippen molar-refractivity contribution in [2.24, 2.45) is 0 Å². The molecule has 0 rings (SSSR count). The van der Waals surface area contributed by atoms with E-state index in [1.54, 1.807) is 0 Å². The fraction of sp³-hybridized carbons (Fsp3) is 0.750. The number of amides is 1. The first-order chi connectivity index (χ1) is 7.76. The molecule has 0 aromatic rings. The van der Waals surface area contributed by atoms with Gasteiger partial charge in [0.2, 0.25) is 0 Å². The van der Waals surface area contributed by atoms with Gasteiger partial charge in [0.05, 0.1) is 6.61 Å². The van der Waals surface area contributed by atoms with Crippen LogP contribution in [-0.2, 0) is 14.3 Å². The standard InChI is InChI=1S/C8H12F3NO5/c1-16-3-2-12(4-6(13)14)7(15)17-5-8(9,10)11/h2-5H2,1H3,(H,13,14). The molecule has 0 aliphatic carbocycles. The quantitative estimate of drug-likeness (QED) is 0.760. The Labute approximate surface area is 94.9 Å². The van der Waals surface area contributed by atoms with Crippen molar-refractivity contribution in [1.82, 2.24) is 4.90 Å². The van der Waals surface area contributed by atoms with E-state index in [1.807, 2.05) is 0 Å². The van der Waals surface area contributed by atoms with E-state index in [9.17, 15) is 22.8 Å². The summed E-state index contributed by atoms with van der Waals surface area (Å²) in [5.41, 5.74) is 0. The first-order valence-electron chi connectivity index (χ1n) is 4.45. The van der Waals surface area contributed by atoms with Crippen LogP contribution in [0.4, 0.5) is 18.0 Å².